The van der Waals surface area contributed by atoms with Gasteiger partial charge in [-0.15, -0.1) is 0 Å². The lowest BCUT2D eigenvalue weighted by molar-refractivity contribution is 0.101. The lowest BCUT2D eigenvalue weighted by Gasteiger charge is -2.08. The molecule has 0 atom stereocenters. The number of rotatable bonds is 2. The van der Waals surface area contributed by atoms with Crippen LogP contribution in [0.25, 0.3) is 0 Å². The number of hydrogen-bond acceptors (Lipinski definition) is 1. The maximum absolute atomic E-state index is 13.6. The van der Waals surface area contributed by atoms with Crippen molar-refractivity contribution in [3.8, 4) is 0 Å². The molecular formula is C13H11BrF2N2O. The number of halogens is 3. The highest BCUT2D eigenvalue weighted by molar-refractivity contribution is 9.10. The second-order valence-electron chi connectivity index (χ2n) is 4.12. The summed E-state index contributed by atoms with van der Waals surface area (Å²) in [5, 5.41) is 2.35. The van der Waals surface area contributed by atoms with E-state index >= 15 is 0 Å². The molecule has 0 unspecified atom stereocenters. The number of hydrogen-bond donors (Lipinski definition) is 1. The zero-order chi connectivity index (χ0) is 14.2. The van der Waals surface area contributed by atoms with E-state index in [1.54, 1.807) is 23.7 Å². The molecule has 0 aliphatic carbocycles. The van der Waals surface area contributed by atoms with Crippen LogP contribution in [-0.4, -0.2) is 10.5 Å². The molecule has 1 N–H and O–H groups in total. The van der Waals surface area contributed by atoms with Crippen molar-refractivity contribution in [2.75, 3.05) is 5.32 Å². The second kappa shape index (κ2) is 5.13. The highest BCUT2D eigenvalue weighted by Crippen LogP contribution is 2.23. The van der Waals surface area contributed by atoms with Crippen molar-refractivity contribution in [2.24, 2.45) is 7.05 Å². The molecular weight excluding hydrogens is 318 g/mol. The van der Waals surface area contributed by atoms with Crippen LogP contribution in [0.3, 0.4) is 0 Å². The summed E-state index contributed by atoms with van der Waals surface area (Å²) in [6, 6.07) is 5.31. The molecule has 0 spiro atoms. The highest BCUT2D eigenvalue weighted by Gasteiger charge is 2.15. The molecule has 0 saturated carbocycles. The van der Waals surface area contributed by atoms with Gasteiger partial charge in [0, 0.05) is 18.8 Å². The Morgan fingerprint density at radius 3 is 2.53 bits per heavy atom. The van der Waals surface area contributed by atoms with Crippen LogP contribution in [-0.2, 0) is 7.05 Å². The van der Waals surface area contributed by atoms with E-state index < -0.39 is 17.5 Å². The van der Waals surface area contributed by atoms with Crippen molar-refractivity contribution < 1.29 is 13.6 Å². The van der Waals surface area contributed by atoms with Crippen LogP contribution < -0.4 is 5.32 Å². The van der Waals surface area contributed by atoms with Crippen molar-refractivity contribution >= 4 is 27.5 Å². The summed E-state index contributed by atoms with van der Waals surface area (Å²) in [5.41, 5.74) is 1.08. The van der Waals surface area contributed by atoms with Gasteiger partial charge in [0.2, 0.25) is 0 Å². The standard InChI is InChI=1S/C13H11BrF2N2O/c1-7-3-4-12(18(7)2)13(19)17-11-6-9(15)8(14)5-10(11)16/h3-6H,1-2H3,(H,17,19). The van der Waals surface area contributed by atoms with Gasteiger partial charge in [-0.25, -0.2) is 8.78 Å². The Balaban J connectivity index is 2.29. The summed E-state index contributed by atoms with van der Waals surface area (Å²) in [7, 11) is 1.72. The third-order valence-electron chi connectivity index (χ3n) is 2.86. The maximum Gasteiger partial charge on any atom is 0.272 e. The Morgan fingerprint density at radius 1 is 1.26 bits per heavy atom. The monoisotopic (exact) mass is 328 g/mol. The van der Waals surface area contributed by atoms with Crippen LogP contribution in [0, 0.1) is 18.6 Å². The van der Waals surface area contributed by atoms with Gasteiger partial charge in [0.05, 0.1) is 10.2 Å². The third-order valence-corrected chi connectivity index (χ3v) is 3.47. The number of amides is 1. The molecule has 1 aromatic heterocycles. The minimum Gasteiger partial charge on any atom is -0.344 e. The average molecular weight is 329 g/mol. The first-order valence-corrected chi connectivity index (χ1v) is 6.27. The SMILES string of the molecule is Cc1ccc(C(=O)Nc2cc(F)c(Br)cc2F)n1C. The smallest absolute Gasteiger partial charge is 0.272 e. The van der Waals surface area contributed by atoms with E-state index in [1.165, 1.54) is 0 Å². The Morgan fingerprint density at radius 2 is 1.95 bits per heavy atom. The first-order valence-electron chi connectivity index (χ1n) is 5.48. The molecule has 0 fully saturated rings. The predicted octanol–water partition coefficient (Wildman–Crippen LogP) is 3.63. The van der Waals surface area contributed by atoms with Gasteiger partial charge in [-0.3, -0.25) is 4.79 Å². The fourth-order valence-corrected chi connectivity index (χ4v) is 1.96. The summed E-state index contributed by atoms with van der Waals surface area (Å²) in [6.45, 7) is 1.84. The normalized spacial score (nSPS) is 10.6. The number of carbonyl (C=O) groups excluding carboxylic acids is 1. The number of benzene rings is 1. The molecule has 0 radical (unpaired) electrons. The van der Waals surface area contributed by atoms with Crippen molar-refractivity contribution in [3.63, 3.8) is 0 Å². The summed E-state index contributed by atoms with van der Waals surface area (Å²) < 4.78 is 28.6. The Hall–Kier alpha value is -1.69. The molecule has 2 rings (SSSR count). The number of aryl methyl sites for hydroxylation is 1. The Labute approximate surface area is 117 Å². The third kappa shape index (κ3) is 2.68. The Bertz CT molecular complexity index is 652. The fraction of sp³-hybridized carbons (Fsp3) is 0.154. The lowest BCUT2D eigenvalue weighted by atomic mass is 10.3. The van der Waals surface area contributed by atoms with Crippen molar-refractivity contribution in [3.05, 3.63) is 51.8 Å². The van der Waals surface area contributed by atoms with E-state index in [0.29, 0.717) is 5.69 Å². The van der Waals surface area contributed by atoms with Crippen LogP contribution in [0.2, 0.25) is 0 Å². The van der Waals surface area contributed by atoms with E-state index in [4.69, 9.17) is 0 Å². The van der Waals surface area contributed by atoms with E-state index in [0.717, 1.165) is 17.8 Å². The van der Waals surface area contributed by atoms with E-state index in [9.17, 15) is 13.6 Å². The molecule has 1 aromatic carbocycles. The number of anilines is 1. The topological polar surface area (TPSA) is 34.0 Å². The number of nitrogens with zero attached hydrogens (tertiary/aromatic N) is 1. The van der Waals surface area contributed by atoms with Gasteiger partial charge >= 0.3 is 0 Å². The van der Waals surface area contributed by atoms with E-state index in [1.807, 2.05) is 6.92 Å². The van der Waals surface area contributed by atoms with Gasteiger partial charge in [0.25, 0.3) is 5.91 Å². The number of carbonyl (C=O) groups is 1. The second-order valence-corrected chi connectivity index (χ2v) is 4.97. The van der Waals surface area contributed by atoms with Crippen LogP contribution in [0.4, 0.5) is 14.5 Å². The van der Waals surface area contributed by atoms with Gasteiger partial charge in [-0.1, -0.05) is 0 Å². The fourth-order valence-electron chi connectivity index (χ4n) is 1.65. The van der Waals surface area contributed by atoms with Crippen molar-refractivity contribution in [1.29, 1.82) is 0 Å². The minimum atomic E-state index is -0.701. The van der Waals surface area contributed by atoms with E-state index in [-0.39, 0.29) is 10.2 Å². The van der Waals surface area contributed by atoms with Crippen molar-refractivity contribution in [2.45, 2.75) is 6.92 Å². The van der Waals surface area contributed by atoms with Crippen LogP contribution in [0.15, 0.2) is 28.7 Å². The molecule has 3 nitrogen and oxygen atoms in total. The maximum atomic E-state index is 13.6. The molecule has 1 heterocycles. The molecule has 19 heavy (non-hydrogen) atoms. The summed E-state index contributed by atoms with van der Waals surface area (Å²) in [6.07, 6.45) is 0. The summed E-state index contributed by atoms with van der Waals surface area (Å²) in [5.74, 6) is -1.83. The lowest BCUT2D eigenvalue weighted by Crippen LogP contribution is -2.17. The van der Waals surface area contributed by atoms with Gasteiger partial charge < -0.3 is 9.88 Å². The molecule has 0 aliphatic rings. The number of nitrogens with one attached hydrogen (secondary N) is 1. The van der Waals surface area contributed by atoms with Gasteiger partial charge in [-0.05, 0) is 41.1 Å². The summed E-state index contributed by atoms with van der Waals surface area (Å²) >= 11 is 2.87. The molecule has 0 saturated heterocycles. The molecule has 6 heteroatoms. The quantitative estimate of drug-likeness (QED) is 0.839. The predicted molar refractivity (Wildman–Crippen MR) is 72.2 cm³/mol. The first kappa shape index (κ1) is 13.7. The Kier molecular flexibility index (Phi) is 3.71. The van der Waals surface area contributed by atoms with Crippen LogP contribution in [0.1, 0.15) is 16.2 Å². The van der Waals surface area contributed by atoms with Crippen LogP contribution in [0.5, 0.6) is 0 Å². The molecule has 2 aromatic rings. The van der Waals surface area contributed by atoms with Crippen molar-refractivity contribution in [1.82, 2.24) is 4.57 Å². The largest absolute Gasteiger partial charge is 0.344 e. The number of aromatic nitrogens is 1. The average Bonchev–Trinajstić information content (AvgIpc) is 2.67. The molecule has 0 aliphatic heterocycles. The zero-order valence-corrected chi connectivity index (χ0v) is 11.9. The van der Waals surface area contributed by atoms with Crippen LogP contribution >= 0.6 is 15.9 Å². The molecule has 1 amide bonds. The van der Waals surface area contributed by atoms with E-state index in [2.05, 4.69) is 21.2 Å². The minimum absolute atomic E-state index is 0.0118. The first-order chi connectivity index (χ1) is 8.90. The highest BCUT2D eigenvalue weighted by atomic mass is 79.9. The van der Waals surface area contributed by atoms with Gasteiger partial charge in [-0.2, -0.15) is 0 Å². The van der Waals surface area contributed by atoms with Gasteiger partial charge in [0.15, 0.2) is 0 Å². The zero-order valence-electron chi connectivity index (χ0n) is 10.3. The molecule has 100 valence electrons. The van der Waals surface area contributed by atoms with Gasteiger partial charge in [0.1, 0.15) is 17.3 Å². The molecule has 0 bridgehead atoms. The summed E-state index contributed by atoms with van der Waals surface area (Å²) in [4.78, 5) is 12.0.